The number of carbonyl (C=O) groups excluding carboxylic acids is 1. The average Bonchev–Trinajstić information content (AvgIpc) is 2.55. The molecule has 0 radical (unpaired) electrons. The molecule has 0 aromatic carbocycles. The number of aryl methyl sites for hydroxylation is 1. The highest BCUT2D eigenvalue weighted by Gasteiger charge is 2.35. The Morgan fingerprint density at radius 3 is 2.72 bits per heavy atom. The molecule has 1 saturated heterocycles. The normalized spacial score (nSPS) is 16.5. The van der Waals surface area contributed by atoms with Crippen molar-refractivity contribution in [3.63, 3.8) is 0 Å². The molecule has 7 nitrogen and oxygen atoms in total. The molecule has 1 fully saturated rings. The Morgan fingerprint density at radius 2 is 2.04 bits per heavy atom. The van der Waals surface area contributed by atoms with E-state index in [1.807, 2.05) is 0 Å². The maximum absolute atomic E-state index is 13.4. The second-order valence-corrected chi connectivity index (χ2v) is 5.96. The van der Waals surface area contributed by atoms with Gasteiger partial charge in [-0.1, -0.05) is 0 Å². The summed E-state index contributed by atoms with van der Waals surface area (Å²) in [6.45, 7) is 2.01. The molecule has 3 heterocycles. The van der Waals surface area contributed by atoms with Gasteiger partial charge in [-0.15, -0.1) is 0 Å². The number of H-pyrrole nitrogens is 1. The van der Waals surface area contributed by atoms with Crippen LogP contribution in [0.15, 0.2) is 29.3 Å². The fourth-order valence-electron chi connectivity index (χ4n) is 2.64. The van der Waals surface area contributed by atoms with Crippen LogP contribution in [0, 0.1) is 6.92 Å². The van der Waals surface area contributed by atoms with Crippen LogP contribution >= 0.6 is 0 Å². The van der Waals surface area contributed by atoms with Crippen LogP contribution in [0.4, 0.5) is 20.5 Å². The molecule has 3 rings (SSSR count). The Bertz CT molecular complexity index is 842. The molecular formula is C16H17F2N5O2. The van der Waals surface area contributed by atoms with Crippen molar-refractivity contribution in [3.8, 4) is 0 Å². The number of rotatable bonds is 3. The van der Waals surface area contributed by atoms with Gasteiger partial charge in [0.05, 0.1) is 5.56 Å². The van der Waals surface area contributed by atoms with Crippen molar-refractivity contribution < 1.29 is 13.6 Å². The molecule has 0 bridgehead atoms. The van der Waals surface area contributed by atoms with E-state index in [4.69, 9.17) is 0 Å². The van der Waals surface area contributed by atoms with E-state index < -0.39 is 17.4 Å². The van der Waals surface area contributed by atoms with Gasteiger partial charge in [-0.3, -0.25) is 19.9 Å². The molecule has 2 aromatic rings. The second kappa shape index (κ2) is 6.58. The summed E-state index contributed by atoms with van der Waals surface area (Å²) in [4.78, 5) is 36.1. The molecule has 25 heavy (non-hydrogen) atoms. The van der Waals surface area contributed by atoms with Crippen molar-refractivity contribution in [1.82, 2.24) is 15.0 Å². The average molecular weight is 349 g/mol. The van der Waals surface area contributed by atoms with Crippen molar-refractivity contribution >= 4 is 17.7 Å². The van der Waals surface area contributed by atoms with E-state index in [0.29, 0.717) is 5.82 Å². The number of nitrogens with zero attached hydrogens (tertiary/aromatic N) is 3. The van der Waals surface area contributed by atoms with E-state index in [9.17, 15) is 18.4 Å². The molecule has 132 valence electrons. The number of hydrogen-bond donors (Lipinski definition) is 2. The Morgan fingerprint density at radius 1 is 1.32 bits per heavy atom. The summed E-state index contributed by atoms with van der Waals surface area (Å²) in [6.07, 6.45) is 2.30. The van der Waals surface area contributed by atoms with Crippen LogP contribution in [-0.2, 0) is 0 Å². The second-order valence-electron chi connectivity index (χ2n) is 5.96. The van der Waals surface area contributed by atoms with Crippen molar-refractivity contribution in [2.45, 2.75) is 25.7 Å². The molecule has 2 N–H and O–H groups in total. The maximum Gasteiger partial charge on any atom is 0.261 e. The number of pyridine rings is 1. The molecule has 0 atom stereocenters. The van der Waals surface area contributed by atoms with Crippen LogP contribution < -0.4 is 15.8 Å². The van der Waals surface area contributed by atoms with E-state index in [2.05, 4.69) is 20.3 Å². The smallest absolute Gasteiger partial charge is 0.261 e. The lowest BCUT2D eigenvalue weighted by Gasteiger charge is -2.33. The van der Waals surface area contributed by atoms with Crippen LogP contribution in [0.25, 0.3) is 0 Å². The third-order valence-corrected chi connectivity index (χ3v) is 3.95. The van der Waals surface area contributed by atoms with E-state index >= 15 is 0 Å². The fraction of sp³-hybridized carbons (Fsp3) is 0.375. The van der Waals surface area contributed by atoms with Gasteiger partial charge in [-0.2, -0.15) is 0 Å². The number of anilines is 2. The minimum absolute atomic E-state index is 0.00938. The number of amides is 1. The monoisotopic (exact) mass is 349 g/mol. The molecule has 0 spiro atoms. The van der Waals surface area contributed by atoms with Crippen molar-refractivity contribution in [2.75, 3.05) is 23.3 Å². The van der Waals surface area contributed by atoms with Crippen LogP contribution in [0.3, 0.4) is 0 Å². The van der Waals surface area contributed by atoms with Crippen LogP contribution in [0.2, 0.25) is 0 Å². The minimum atomic E-state index is -2.68. The van der Waals surface area contributed by atoms with Gasteiger partial charge in [0.1, 0.15) is 5.82 Å². The van der Waals surface area contributed by atoms with Gasteiger partial charge in [-0.05, 0) is 18.6 Å². The summed E-state index contributed by atoms with van der Waals surface area (Å²) in [5.74, 6) is -2.85. The van der Waals surface area contributed by atoms with Crippen molar-refractivity contribution in [2.24, 2.45) is 0 Å². The number of aromatic amines is 1. The summed E-state index contributed by atoms with van der Waals surface area (Å²) in [6, 6.07) is 2.86. The number of aromatic nitrogens is 3. The van der Waals surface area contributed by atoms with Crippen molar-refractivity contribution in [3.05, 3.63) is 46.0 Å². The lowest BCUT2D eigenvalue weighted by Crippen LogP contribution is -2.40. The number of piperidine rings is 1. The van der Waals surface area contributed by atoms with Gasteiger partial charge >= 0.3 is 0 Å². The zero-order valence-corrected chi connectivity index (χ0v) is 13.6. The predicted molar refractivity (Wildman–Crippen MR) is 88.2 cm³/mol. The first-order valence-electron chi connectivity index (χ1n) is 7.80. The number of alkyl halides is 2. The molecule has 1 amide bonds. The van der Waals surface area contributed by atoms with E-state index in [1.165, 1.54) is 12.3 Å². The number of halogens is 2. The highest BCUT2D eigenvalue weighted by atomic mass is 19.3. The standard InChI is InChI=1S/C16H17F2N5O2/c1-10-8-11(14(25)22-15-19-5-2-12(24)21-15)13(20-9-10)23-6-3-16(17,18)4-7-23/h2,5,8-9H,3-4,6-7H2,1H3,(H2,19,21,22,24,25). The molecule has 0 saturated carbocycles. The minimum Gasteiger partial charge on any atom is -0.356 e. The van der Waals surface area contributed by atoms with Gasteiger partial charge in [-0.25, -0.2) is 18.7 Å². The Balaban J connectivity index is 1.86. The lowest BCUT2D eigenvalue weighted by atomic mass is 10.1. The van der Waals surface area contributed by atoms with Crippen LogP contribution in [-0.4, -0.2) is 39.9 Å². The van der Waals surface area contributed by atoms with Gasteiger partial charge in [0.2, 0.25) is 5.95 Å². The number of nitrogens with one attached hydrogen (secondary N) is 2. The summed E-state index contributed by atoms with van der Waals surface area (Å²) >= 11 is 0. The SMILES string of the molecule is Cc1cnc(N2CCC(F)(F)CC2)c(C(=O)Nc2nccc(=O)[nH]2)c1. The topological polar surface area (TPSA) is 91.0 Å². The zero-order chi connectivity index (χ0) is 18.0. The van der Waals surface area contributed by atoms with Gasteiger partial charge in [0, 0.05) is 44.4 Å². The number of hydrogen-bond acceptors (Lipinski definition) is 5. The van der Waals surface area contributed by atoms with E-state index in [1.54, 1.807) is 24.1 Å². The van der Waals surface area contributed by atoms with Crippen molar-refractivity contribution in [1.29, 1.82) is 0 Å². The first kappa shape index (κ1) is 17.0. The predicted octanol–water partition coefficient (Wildman–Crippen LogP) is 1.96. The Kier molecular flexibility index (Phi) is 4.47. The number of carbonyl (C=O) groups is 1. The summed E-state index contributed by atoms with van der Waals surface area (Å²) in [5, 5.41) is 2.50. The first-order valence-corrected chi connectivity index (χ1v) is 7.80. The third kappa shape index (κ3) is 3.98. The lowest BCUT2D eigenvalue weighted by molar-refractivity contribution is -0.0221. The Hall–Kier alpha value is -2.84. The molecule has 0 unspecified atom stereocenters. The summed E-state index contributed by atoms with van der Waals surface area (Å²) in [7, 11) is 0. The van der Waals surface area contributed by atoms with Gasteiger partial charge < -0.3 is 4.90 Å². The molecular weight excluding hydrogens is 332 g/mol. The fourth-order valence-corrected chi connectivity index (χ4v) is 2.64. The third-order valence-electron chi connectivity index (χ3n) is 3.95. The molecule has 9 heteroatoms. The summed E-state index contributed by atoms with van der Waals surface area (Å²) in [5.41, 5.74) is 0.605. The quantitative estimate of drug-likeness (QED) is 0.884. The van der Waals surface area contributed by atoms with Crippen LogP contribution in [0.5, 0.6) is 0 Å². The molecule has 2 aromatic heterocycles. The molecule has 1 aliphatic rings. The maximum atomic E-state index is 13.4. The largest absolute Gasteiger partial charge is 0.356 e. The van der Waals surface area contributed by atoms with E-state index in [0.717, 1.165) is 5.56 Å². The Labute approximate surface area is 142 Å². The first-order chi connectivity index (χ1) is 11.8. The molecule has 0 aliphatic carbocycles. The molecule has 1 aliphatic heterocycles. The highest BCUT2D eigenvalue weighted by molar-refractivity contribution is 6.06. The zero-order valence-electron chi connectivity index (χ0n) is 13.6. The van der Waals surface area contributed by atoms with Gasteiger partial charge in [0.25, 0.3) is 17.4 Å². The highest BCUT2D eigenvalue weighted by Crippen LogP contribution is 2.31. The summed E-state index contributed by atoms with van der Waals surface area (Å²) < 4.78 is 26.7. The van der Waals surface area contributed by atoms with Gasteiger partial charge in [0.15, 0.2) is 0 Å². The van der Waals surface area contributed by atoms with E-state index in [-0.39, 0.29) is 37.4 Å². The van der Waals surface area contributed by atoms with Crippen LogP contribution in [0.1, 0.15) is 28.8 Å².